The van der Waals surface area contributed by atoms with Crippen molar-refractivity contribution in [1.29, 1.82) is 0 Å². The molecule has 144 valence electrons. The average molecular weight is 374 g/mol. The number of ether oxygens (including phenoxy) is 1. The van der Waals surface area contributed by atoms with E-state index in [0.717, 1.165) is 4.90 Å². The highest BCUT2D eigenvalue weighted by molar-refractivity contribution is 6.21. The molecule has 0 aromatic rings. The summed E-state index contributed by atoms with van der Waals surface area (Å²) in [6.07, 6.45) is 6.46. The van der Waals surface area contributed by atoms with E-state index in [9.17, 15) is 19.2 Å². The Morgan fingerprint density at radius 3 is 2.56 bits per heavy atom. The number of hydrogen-bond acceptors (Lipinski definition) is 5. The van der Waals surface area contributed by atoms with Crippen LogP contribution in [0.2, 0.25) is 0 Å². The van der Waals surface area contributed by atoms with Crippen molar-refractivity contribution < 1.29 is 23.9 Å². The number of nitrogens with zero attached hydrogens (tertiary/aromatic N) is 4. The molecular formula is C18H22N4O5. The second kappa shape index (κ2) is 8.15. The van der Waals surface area contributed by atoms with E-state index in [2.05, 4.69) is 4.99 Å². The molecule has 0 aromatic heterocycles. The van der Waals surface area contributed by atoms with Gasteiger partial charge in [-0.05, 0) is 13.0 Å². The van der Waals surface area contributed by atoms with Gasteiger partial charge in [0.15, 0.2) is 0 Å². The van der Waals surface area contributed by atoms with E-state index in [1.807, 2.05) is 0 Å². The van der Waals surface area contributed by atoms with Crippen LogP contribution in [0.4, 0.5) is 9.59 Å². The highest BCUT2D eigenvalue weighted by atomic mass is 16.6. The number of allylic oxidation sites excluding steroid dienone is 3. The van der Waals surface area contributed by atoms with E-state index in [0.29, 0.717) is 38.5 Å². The molecule has 0 bridgehead atoms. The molecule has 1 fully saturated rings. The Labute approximate surface area is 156 Å². The molecule has 1 unspecified atom stereocenters. The number of aliphatic imine (C=N–C) groups is 1. The van der Waals surface area contributed by atoms with Crippen LogP contribution >= 0.6 is 0 Å². The molecule has 0 saturated carbocycles. The Kier molecular flexibility index (Phi) is 5.68. The van der Waals surface area contributed by atoms with E-state index in [1.54, 1.807) is 41.0 Å². The number of carbonyl (C=O) groups is 4. The quantitative estimate of drug-likeness (QED) is 0.725. The Morgan fingerprint density at radius 1 is 1.15 bits per heavy atom. The highest BCUT2D eigenvalue weighted by Crippen LogP contribution is 2.20. The van der Waals surface area contributed by atoms with Crippen molar-refractivity contribution in [3.05, 3.63) is 24.3 Å². The zero-order valence-corrected chi connectivity index (χ0v) is 15.2. The van der Waals surface area contributed by atoms with Crippen molar-refractivity contribution in [2.75, 3.05) is 39.3 Å². The fourth-order valence-corrected chi connectivity index (χ4v) is 3.20. The highest BCUT2D eigenvalue weighted by Gasteiger charge is 2.36. The normalized spacial score (nSPS) is 21.9. The van der Waals surface area contributed by atoms with Crippen molar-refractivity contribution >= 4 is 29.7 Å². The topological polar surface area (TPSA) is 99.6 Å². The molecule has 1 saturated heterocycles. The summed E-state index contributed by atoms with van der Waals surface area (Å²) in [5.74, 6) is -1.07. The summed E-state index contributed by atoms with van der Waals surface area (Å²) in [6.45, 7) is 3.66. The van der Waals surface area contributed by atoms with Crippen LogP contribution in [0, 0.1) is 5.92 Å². The number of rotatable bonds is 4. The number of fused-ring (bicyclic) bond motifs is 1. The van der Waals surface area contributed by atoms with E-state index in [1.165, 1.54) is 0 Å². The molecular weight excluding hydrogens is 352 g/mol. The van der Waals surface area contributed by atoms with Gasteiger partial charge in [-0.2, -0.15) is 4.99 Å². The molecule has 1 atom stereocenters. The SMILES string of the molecule is CCOC(=O)N1CCN(C(=O)CCN2C(=O)N=C3C=CC=CC3C2=O)CC1. The first kappa shape index (κ1) is 18.8. The van der Waals surface area contributed by atoms with Gasteiger partial charge in [-0.15, -0.1) is 0 Å². The molecule has 3 aliphatic rings. The maximum absolute atomic E-state index is 12.5. The minimum Gasteiger partial charge on any atom is -0.450 e. The summed E-state index contributed by atoms with van der Waals surface area (Å²) >= 11 is 0. The predicted molar refractivity (Wildman–Crippen MR) is 96.1 cm³/mol. The smallest absolute Gasteiger partial charge is 0.409 e. The largest absolute Gasteiger partial charge is 0.450 e. The molecule has 2 heterocycles. The zero-order chi connectivity index (χ0) is 19.4. The standard InChI is InChI=1S/C18H22N4O5/c1-2-27-18(26)21-11-9-20(10-12-21)15(23)7-8-22-16(24)13-5-3-4-6-14(13)19-17(22)25/h3-6,13H,2,7-12H2,1H3. The minimum absolute atomic E-state index is 0.000570. The summed E-state index contributed by atoms with van der Waals surface area (Å²) in [7, 11) is 0. The first-order chi connectivity index (χ1) is 13.0. The molecule has 0 aromatic carbocycles. The number of amides is 5. The van der Waals surface area contributed by atoms with Crippen LogP contribution in [0.5, 0.6) is 0 Å². The zero-order valence-electron chi connectivity index (χ0n) is 15.2. The van der Waals surface area contributed by atoms with Gasteiger partial charge in [-0.25, -0.2) is 9.59 Å². The number of imide groups is 1. The van der Waals surface area contributed by atoms with Crippen LogP contribution in [0.1, 0.15) is 13.3 Å². The first-order valence-corrected chi connectivity index (χ1v) is 8.99. The maximum Gasteiger partial charge on any atom is 0.409 e. The van der Waals surface area contributed by atoms with Crippen LogP contribution in [0.25, 0.3) is 0 Å². The van der Waals surface area contributed by atoms with E-state index in [-0.39, 0.29) is 30.9 Å². The third kappa shape index (κ3) is 4.07. The molecule has 0 N–H and O–H groups in total. The van der Waals surface area contributed by atoms with Crippen LogP contribution < -0.4 is 0 Å². The molecule has 9 heteroatoms. The van der Waals surface area contributed by atoms with Gasteiger partial charge in [0.05, 0.1) is 18.2 Å². The summed E-state index contributed by atoms with van der Waals surface area (Å²) in [5.41, 5.74) is 0.435. The summed E-state index contributed by atoms with van der Waals surface area (Å²) < 4.78 is 4.95. The van der Waals surface area contributed by atoms with Gasteiger partial charge in [0.1, 0.15) is 0 Å². The third-order valence-corrected chi connectivity index (χ3v) is 4.70. The molecule has 27 heavy (non-hydrogen) atoms. The Morgan fingerprint density at radius 2 is 1.85 bits per heavy atom. The molecule has 2 aliphatic heterocycles. The lowest BCUT2D eigenvalue weighted by Gasteiger charge is -2.34. The summed E-state index contributed by atoms with van der Waals surface area (Å²) in [6, 6.07) is -0.633. The summed E-state index contributed by atoms with van der Waals surface area (Å²) in [5, 5.41) is 0. The van der Waals surface area contributed by atoms with E-state index < -0.39 is 11.9 Å². The van der Waals surface area contributed by atoms with Crippen LogP contribution in [-0.2, 0) is 14.3 Å². The number of urea groups is 1. The molecule has 0 spiro atoms. The summed E-state index contributed by atoms with van der Waals surface area (Å²) in [4.78, 5) is 56.9. The fraction of sp³-hybridized carbons (Fsp3) is 0.500. The second-order valence-corrected chi connectivity index (χ2v) is 6.35. The molecule has 9 nitrogen and oxygen atoms in total. The van der Waals surface area contributed by atoms with Crippen LogP contribution in [-0.4, -0.2) is 83.7 Å². The second-order valence-electron chi connectivity index (χ2n) is 6.35. The lowest BCUT2D eigenvalue weighted by Crippen LogP contribution is -2.52. The lowest BCUT2D eigenvalue weighted by molar-refractivity contribution is -0.134. The molecule has 3 rings (SSSR count). The van der Waals surface area contributed by atoms with E-state index >= 15 is 0 Å². The van der Waals surface area contributed by atoms with Gasteiger partial charge in [0.2, 0.25) is 11.8 Å². The first-order valence-electron chi connectivity index (χ1n) is 8.99. The molecule has 5 amide bonds. The lowest BCUT2D eigenvalue weighted by atomic mass is 9.95. The minimum atomic E-state index is -0.633. The fourth-order valence-electron chi connectivity index (χ4n) is 3.20. The van der Waals surface area contributed by atoms with Crippen LogP contribution in [0.3, 0.4) is 0 Å². The van der Waals surface area contributed by atoms with Crippen molar-refractivity contribution in [2.45, 2.75) is 13.3 Å². The van der Waals surface area contributed by atoms with Gasteiger partial charge in [0.25, 0.3) is 0 Å². The third-order valence-electron chi connectivity index (χ3n) is 4.70. The maximum atomic E-state index is 12.5. The van der Waals surface area contributed by atoms with Crippen LogP contribution in [0.15, 0.2) is 29.3 Å². The number of piperazine rings is 1. The van der Waals surface area contributed by atoms with Gasteiger partial charge < -0.3 is 14.5 Å². The van der Waals surface area contributed by atoms with Gasteiger partial charge in [-0.1, -0.05) is 18.2 Å². The van der Waals surface area contributed by atoms with Gasteiger partial charge in [-0.3, -0.25) is 14.5 Å². The Hall–Kier alpha value is -2.97. The Balaban J connectivity index is 1.51. The van der Waals surface area contributed by atoms with Crippen molar-refractivity contribution in [3.8, 4) is 0 Å². The van der Waals surface area contributed by atoms with Crippen molar-refractivity contribution in [3.63, 3.8) is 0 Å². The van der Waals surface area contributed by atoms with E-state index in [4.69, 9.17) is 4.74 Å². The molecule has 1 aliphatic carbocycles. The predicted octanol–water partition coefficient (Wildman–Crippen LogP) is 0.823. The van der Waals surface area contributed by atoms with Gasteiger partial charge >= 0.3 is 12.1 Å². The number of carbonyl (C=O) groups excluding carboxylic acids is 4. The van der Waals surface area contributed by atoms with Crippen molar-refractivity contribution in [1.82, 2.24) is 14.7 Å². The van der Waals surface area contributed by atoms with Crippen molar-refractivity contribution in [2.24, 2.45) is 10.9 Å². The number of hydrogen-bond donors (Lipinski definition) is 0. The monoisotopic (exact) mass is 374 g/mol. The molecule has 0 radical (unpaired) electrons. The Bertz CT molecular complexity index is 734. The van der Waals surface area contributed by atoms with Gasteiger partial charge in [0, 0.05) is 39.1 Å². The average Bonchev–Trinajstić information content (AvgIpc) is 2.68.